The molecular formula is C40H28N4. The molecule has 1 aliphatic heterocycles. The molecule has 0 spiro atoms. The second-order valence-corrected chi connectivity index (χ2v) is 12.2. The molecule has 1 heterocycles. The lowest BCUT2D eigenvalue weighted by Gasteiger charge is -2.28. The van der Waals surface area contributed by atoms with Crippen molar-refractivity contribution in [3.63, 3.8) is 0 Å². The quantitative estimate of drug-likeness (QED) is 0.200. The first-order valence-corrected chi connectivity index (χ1v) is 14.8. The van der Waals surface area contributed by atoms with Crippen molar-refractivity contribution in [2.45, 2.75) is 19.3 Å². The molecule has 44 heavy (non-hydrogen) atoms. The van der Waals surface area contributed by atoms with Gasteiger partial charge in [0.2, 0.25) is 0 Å². The van der Waals surface area contributed by atoms with Gasteiger partial charge in [0.1, 0.15) is 0 Å². The van der Waals surface area contributed by atoms with Crippen LogP contribution >= 0.6 is 0 Å². The van der Waals surface area contributed by atoms with Gasteiger partial charge in [0.05, 0.1) is 29.0 Å². The smallest absolute Gasteiger partial charge is 0.0991 e. The predicted octanol–water partition coefficient (Wildman–Crippen LogP) is 10.2. The highest BCUT2D eigenvalue weighted by atomic mass is 15.2. The van der Waals surface area contributed by atoms with Gasteiger partial charge in [-0.05, 0) is 93.8 Å². The Morgan fingerprint density at radius 3 is 1.93 bits per heavy atom. The first-order valence-electron chi connectivity index (χ1n) is 14.8. The van der Waals surface area contributed by atoms with E-state index in [4.69, 9.17) is 0 Å². The summed E-state index contributed by atoms with van der Waals surface area (Å²) in [5.74, 6) is 0. The standard InChI is InChI=1S/C40H28N4/c1-40(2)25-43(37-19-10-27(24-42)22-34(37)40)35-20-13-28-12-18-33-36(21-14-29-11-17-32(35)38(28)39(29)33)44(30-6-4-3-5-7-30)31-15-8-26(23-41)9-16-31/h3-22H,25H2,1-2H3. The Labute approximate surface area is 256 Å². The molecule has 0 aromatic heterocycles. The molecule has 4 heteroatoms. The highest BCUT2D eigenvalue weighted by Crippen LogP contribution is 2.49. The summed E-state index contributed by atoms with van der Waals surface area (Å²) in [6, 6.07) is 46.8. The van der Waals surface area contributed by atoms with Gasteiger partial charge in [-0.15, -0.1) is 0 Å². The molecule has 0 saturated heterocycles. The van der Waals surface area contributed by atoms with E-state index in [2.05, 4.69) is 121 Å². The summed E-state index contributed by atoms with van der Waals surface area (Å²) in [4.78, 5) is 4.70. The number of hydrogen-bond donors (Lipinski definition) is 0. The molecule has 0 unspecified atom stereocenters. The zero-order valence-corrected chi connectivity index (χ0v) is 24.5. The van der Waals surface area contributed by atoms with E-state index >= 15 is 0 Å². The van der Waals surface area contributed by atoms with Crippen LogP contribution in [0.1, 0.15) is 30.5 Å². The van der Waals surface area contributed by atoms with E-state index in [-0.39, 0.29) is 5.41 Å². The van der Waals surface area contributed by atoms with E-state index in [1.165, 1.54) is 49.3 Å². The number of nitriles is 2. The second kappa shape index (κ2) is 9.60. The van der Waals surface area contributed by atoms with Crippen LogP contribution in [0.4, 0.5) is 28.4 Å². The molecular weight excluding hydrogens is 536 g/mol. The van der Waals surface area contributed by atoms with E-state index in [9.17, 15) is 10.5 Å². The van der Waals surface area contributed by atoms with E-state index in [1.807, 2.05) is 36.4 Å². The van der Waals surface area contributed by atoms with Crippen LogP contribution in [0.2, 0.25) is 0 Å². The van der Waals surface area contributed by atoms with Gasteiger partial charge in [-0.3, -0.25) is 0 Å². The van der Waals surface area contributed by atoms with Crippen LogP contribution in [0.25, 0.3) is 32.3 Å². The van der Waals surface area contributed by atoms with Crippen molar-refractivity contribution >= 4 is 60.8 Å². The fourth-order valence-electron chi connectivity index (χ4n) is 7.05. The number of nitrogens with zero attached hydrogens (tertiary/aromatic N) is 4. The summed E-state index contributed by atoms with van der Waals surface area (Å²) in [5.41, 5.74) is 7.96. The van der Waals surface area contributed by atoms with Gasteiger partial charge in [0.15, 0.2) is 0 Å². The maximum absolute atomic E-state index is 9.57. The molecule has 0 aliphatic carbocycles. The van der Waals surface area contributed by atoms with Crippen molar-refractivity contribution < 1.29 is 0 Å². The first kappa shape index (κ1) is 25.8. The van der Waals surface area contributed by atoms with Gasteiger partial charge >= 0.3 is 0 Å². The number of para-hydroxylation sites is 1. The molecule has 1 aliphatic rings. The van der Waals surface area contributed by atoms with Gasteiger partial charge in [-0.2, -0.15) is 10.5 Å². The maximum atomic E-state index is 9.57. The van der Waals surface area contributed by atoms with E-state index < -0.39 is 0 Å². The fourth-order valence-corrected chi connectivity index (χ4v) is 7.05. The second-order valence-electron chi connectivity index (χ2n) is 12.2. The predicted molar refractivity (Wildman–Crippen MR) is 181 cm³/mol. The van der Waals surface area contributed by atoms with Crippen LogP contribution in [0, 0.1) is 22.7 Å². The van der Waals surface area contributed by atoms with E-state index in [0.717, 1.165) is 23.6 Å². The summed E-state index contributed by atoms with van der Waals surface area (Å²) in [6.07, 6.45) is 0. The molecule has 0 amide bonds. The minimum Gasteiger partial charge on any atom is -0.340 e. The average Bonchev–Trinajstić information content (AvgIpc) is 3.34. The van der Waals surface area contributed by atoms with Gasteiger partial charge in [-0.25, -0.2) is 0 Å². The molecule has 4 nitrogen and oxygen atoms in total. The normalized spacial score (nSPS) is 13.7. The van der Waals surface area contributed by atoms with Gasteiger partial charge < -0.3 is 9.80 Å². The molecule has 0 bridgehead atoms. The molecule has 0 N–H and O–H groups in total. The van der Waals surface area contributed by atoms with Crippen LogP contribution in [-0.4, -0.2) is 6.54 Å². The van der Waals surface area contributed by atoms with Crippen LogP contribution < -0.4 is 9.80 Å². The van der Waals surface area contributed by atoms with Gasteiger partial charge in [0, 0.05) is 45.5 Å². The zero-order valence-electron chi connectivity index (χ0n) is 24.5. The highest BCUT2D eigenvalue weighted by Gasteiger charge is 2.36. The minimum atomic E-state index is -0.0867. The van der Waals surface area contributed by atoms with Crippen molar-refractivity contribution in [3.05, 3.63) is 138 Å². The molecule has 208 valence electrons. The van der Waals surface area contributed by atoms with Crippen molar-refractivity contribution in [1.82, 2.24) is 0 Å². The van der Waals surface area contributed by atoms with Crippen molar-refractivity contribution in [2.75, 3.05) is 16.3 Å². The Morgan fingerprint density at radius 2 is 1.20 bits per heavy atom. The molecule has 8 rings (SSSR count). The third kappa shape index (κ3) is 3.82. The Kier molecular flexibility index (Phi) is 5.63. The lowest BCUT2D eigenvalue weighted by atomic mass is 9.86. The van der Waals surface area contributed by atoms with Crippen LogP contribution in [0.3, 0.4) is 0 Å². The van der Waals surface area contributed by atoms with Crippen molar-refractivity contribution in [1.29, 1.82) is 10.5 Å². The lowest BCUT2D eigenvalue weighted by Crippen LogP contribution is -2.25. The molecule has 7 aromatic rings. The van der Waals surface area contributed by atoms with Crippen LogP contribution in [0.5, 0.6) is 0 Å². The Bertz CT molecular complexity index is 2300. The van der Waals surface area contributed by atoms with E-state index in [0.29, 0.717) is 11.1 Å². The Hall–Kier alpha value is -5.84. The number of hydrogen-bond acceptors (Lipinski definition) is 4. The highest BCUT2D eigenvalue weighted by molar-refractivity contribution is 6.28. The Balaban J connectivity index is 1.37. The monoisotopic (exact) mass is 564 g/mol. The summed E-state index contributed by atoms with van der Waals surface area (Å²) < 4.78 is 0. The SMILES string of the molecule is CC1(C)CN(c2ccc3ccc4c(N(c5ccccc5)c5ccc(C#N)cc5)ccc5ccc2c3c54)c2ccc(C#N)cc21. The number of benzene rings is 7. The zero-order chi connectivity index (χ0) is 30.0. The molecule has 0 atom stereocenters. The van der Waals surface area contributed by atoms with Gasteiger partial charge in [-0.1, -0.05) is 68.4 Å². The molecule has 0 saturated carbocycles. The third-order valence-electron chi connectivity index (χ3n) is 9.12. The van der Waals surface area contributed by atoms with Gasteiger partial charge in [0.25, 0.3) is 0 Å². The molecule has 7 aromatic carbocycles. The summed E-state index contributed by atoms with van der Waals surface area (Å²) >= 11 is 0. The lowest BCUT2D eigenvalue weighted by molar-refractivity contribution is 0.569. The number of fused-ring (bicyclic) bond motifs is 1. The third-order valence-corrected chi connectivity index (χ3v) is 9.12. The van der Waals surface area contributed by atoms with Crippen molar-refractivity contribution in [2.24, 2.45) is 0 Å². The molecule has 0 fully saturated rings. The number of anilines is 5. The first-order chi connectivity index (χ1) is 21.5. The minimum absolute atomic E-state index is 0.0867. The van der Waals surface area contributed by atoms with E-state index in [1.54, 1.807) is 0 Å². The maximum Gasteiger partial charge on any atom is 0.0991 e. The van der Waals surface area contributed by atoms with Crippen molar-refractivity contribution in [3.8, 4) is 12.1 Å². The van der Waals surface area contributed by atoms with Crippen LogP contribution in [0.15, 0.2) is 121 Å². The summed E-state index contributed by atoms with van der Waals surface area (Å²) in [7, 11) is 0. The summed E-state index contributed by atoms with van der Waals surface area (Å²) in [6.45, 7) is 5.36. The number of rotatable bonds is 4. The topological polar surface area (TPSA) is 54.1 Å². The Morgan fingerprint density at radius 1 is 0.614 bits per heavy atom. The van der Waals surface area contributed by atoms with Crippen LogP contribution in [-0.2, 0) is 5.41 Å². The average molecular weight is 565 g/mol. The summed E-state index contributed by atoms with van der Waals surface area (Å²) in [5, 5.41) is 26.3. The fraction of sp³-hybridized carbons (Fsp3) is 0.100. The molecule has 0 radical (unpaired) electrons. The largest absolute Gasteiger partial charge is 0.340 e.